The van der Waals surface area contributed by atoms with Crippen LogP contribution in [-0.2, 0) is 23.7 Å². The third kappa shape index (κ3) is 3.21. The number of hydrogen-bond acceptors (Lipinski definition) is 9. The van der Waals surface area contributed by atoms with Crippen molar-refractivity contribution in [2.45, 2.75) is 120 Å². The highest BCUT2D eigenvalue weighted by Gasteiger charge is 2.70. The summed E-state index contributed by atoms with van der Waals surface area (Å²) < 4.78 is 23.4. The number of hydrogen-bond donors (Lipinski definition) is 4. The van der Waals surface area contributed by atoms with Gasteiger partial charge in [0.1, 0.15) is 18.8 Å². The van der Waals surface area contributed by atoms with Gasteiger partial charge in [-0.05, 0) is 93.0 Å². The molecule has 6 fully saturated rings. The maximum atomic E-state index is 12.5. The van der Waals surface area contributed by atoms with Gasteiger partial charge in [0.15, 0.2) is 0 Å². The van der Waals surface area contributed by atoms with Crippen LogP contribution in [0, 0.1) is 34.5 Å². The van der Waals surface area contributed by atoms with Crippen LogP contribution in [0.25, 0.3) is 0 Å². The number of carbonyl (C=O) groups is 1. The van der Waals surface area contributed by atoms with Gasteiger partial charge >= 0.3 is 5.97 Å². The van der Waals surface area contributed by atoms with Crippen LogP contribution in [0.15, 0.2) is 11.6 Å². The van der Waals surface area contributed by atoms with E-state index in [-0.39, 0.29) is 34.7 Å². The highest BCUT2D eigenvalue weighted by molar-refractivity contribution is 5.85. The smallest absolute Gasteiger partial charge is 0.331 e. The molecule has 3 heterocycles. The van der Waals surface area contributed by atoms with Crippen LogP contribution >= 0.6 is 0 Å². The number of aliphatic hydroxyl groups excluding tert-OH is 2. The standard InChI is InChI=1S/C29H42O9/c1-14-23(31)24(32)29(34)25(36-14)37-20-11-16-4-5-19-18(26(16,2)12-21(20)38-29)6-8-27(3)17(7-9-28(19,27)33)15-10-22(30)35-13-15/h10,14,16-21,23-25,31-34H,4-9,11-13H2,1-3H3/t14-,16+,17-,18+,19-,20-,21-,23?,24?,25+,26+,27-,28+,29?/m1/s1. The molecule has 0 aromatic rings. The van der Waals surface area contributed by atoms with Crippen LogP contribution in [-0.4, -0.2) is 81.2 Å². The fourth-order valence-electron chi connectivity index (χ4n) is 10.3. The molecule has 7 rings (SSSR count). The average Bonchev–Trinajstić information content (AvgIpc) is 3.41. The molecule has 38 heavy (non-hydrogen) atoms. The summed E-state index contributed by atoms with van der Waals surface area (Å²) in [6, 6.07) is 0. The van der Waals surface area contributed by atoms with E-state index in [9.17, 15) is 25.2 Å². The van der Waals surface area contributed by atoms with Crippen LogP contribution in [0.2, 0.25) is 0 Å². The van der Waals surface area contributed by atoms with E-state index < -0.39 is 42.1 Å². The summed E-state index contributed by atoms with van der Waals surface area (Å²) in [6.45, 7) is 6.53. The molecule has 3 aliphatic heterocycles. The fourth-order valence-corrected chi connectivity index (χ4v) is 10.3. The minimum absolute atomic E-state index is 0.121. The van der Waals surface area contributed by atoms with Gasteiger partial charge in [0.25, 0.3) is 0 Å². The van der Waals surface area contributed by atoms with Crippen LogP contribution in [0.3, 0.4) is 0 Å². The Morgan fingerprint density at radius 1 is 0.974 bits per heavy atom. The normalized spacial score (nSPS) is 59.6. The van der Waals surface area contributed by atoms with Crippen molar-refractivity contribution in [1.29, 1.82) is 0 Å². The van der Waals surface area contributed by atoms with Crippen molar-refractivity contribution in [3.8, 4) is 0 Å². The van der Waals surface area contributed by atoms with Crippen LogP contribution in [0.4, 0.5) is 0 Å². The second kappa shape index (κ2) is 8.24. The first kappa shape index (κ1) is 25.9. The summed E-state index contributed by atoms with van der Waals surface area (Å²) in [7, 11) is 0. The second-order valence-corrected chi connectivity index (χ2v) is 13.9. The van der Waals surface area contributed by atoms with Gasteiger partial charge in [0.2, 0.25) is 12.1 Å². The molecule has 4 saturated carbocycles. The van der Waals surface area contributed by atoms with E-state index >= 15 is 0 Å². The molecule has 0 aromatic carbocycles. The van der Waals surface area contributed by atoms with Crippen molar-refractivity contribution in [2.24, 2.45) is 34.5 Å². The van der Waals surface area contributed by atoms with Crippen molar-refractivity contribution in [2.75, 3.05) is 6.61 Å². The SMILES string of the molecule is C[C@H]1O[C@H]2O[C@@H]3C[C@@H]4CC[C@@H]5[C@H](CC[C@]6(C)[C@@H](C7=CC(=O)OC7)CC[C@]56O)[C@@]4(C)C[C@H]3OC2(O)C(O)C1O. The molecule has 14 atom stereocenters. The quantitative estimate of drug-likeness (QED) is 0.293. The minimum atomic E-state index is -2.12. The van der Waals surface area contributed by atoms with Gasteiger partial charge in [-0.15, -0.1) is 0 Å². The van der Waals surface area contributed by atoms with Crippen molar-refractivity contribution in [3.05, 3.63) is 11.6 Å². The molecule has 212 valence electrons. The summed E-state index contributed by atoms with van der Waals surface area (Å²) >= 11 is 0. The van der Waals surface area contributed by atoms with Gasteiger partial charge in [-0.2, -0.15) is 0 Å². The summed E-state index contributed by atoms with van der Waals surface area (Å²) in [5, 5.41) is 44.8. The third-order valence-electron chi connectivity index (χ3n) is 12.5. The lowest BCUT2D eigenvalue weighted by molar-refractivity contribution is -0.469. The topological polar surface area (TPSA) is 135 Å². The van der Waals surface area contributed by atoms with Crippen LogP contribution < -0.4 is 0 Å². The van der Waals surface area contributed by atoms with Crippen molar-refractivity contribution < 1.29 is 44.2 Å². The molecule has 4 N–H and O–H groups in total. The molecule has 0 aromatic heterocycles. The minimum Gasteiger partial charge on any atom is -0.458 e. The Balaban J connectivity index is 1.15. The number of cyclic esters (lactones) is 1. The van der Waals surface area contributed by atoms with Gasteiger partial charge in [0.05, 0.1) is 23.9 Å². The zero-order valence-electron chi connectivity index (χ0n) is 22.5. The molecular formula is C29H42O9. The van der Waals surface area contributed by atoms with E-state index in [1.54, 1.807) is 13.0 Å². The van der Waals surface area contributed by atoms with E-state index in [2.05, 4.69) is 13.8 Å². The summed E-state index contributed by atoms with van der Waals surface area (Å²) in [5.74, 6) is -1.40. The van der Waals surface area contributed by atoms with Crippen LogP contribution in [0.5, 0.6) is 0 Å². The second-order valence-electron chi connectivity index (χ2n) is 13.9. The first-order valence-corrected chi connectivity index (χ1v) is 14.6. The summed E-state index contributed by atoms with van der Waals surface area (Å²) in [6.07, 6.45) is 3.15. The third-order valence-corrected chi connectivity index (χ3v) is 12.5. The number of carbonyl (C=O) groups excluding carboxylic acids is 1. The molecule has 9 nitrogen and oxygen atoms in total. The number of fused-ring (bicyclic) bond motifs is 7. The lowest BCUT2D eigenvalue weighted by Crippen LogP contribution is -2.73. The monoisotopic (exact) mass is 534 g/mol. The number of esters is 1. The van der Waals surface area contributed by atoms with Crippen LogP contribution in [0.1, 0.15) is 72.1 Å². The summed E-state index contributed by atoms with van der Waals surface area (Å²) in [4.78, 5) is 11.8. The highest BCUT2D eigenvalue weighted by Crippen LogP contribution is 2.70. The van der Waals surface area contributed by atoms with Crippen molar-refractivity contribution >= 4 is 5.97 Å². The van der Waals surface area contributed by atoms with E-state index in [1.807, 2.05) is 0 Å². The molecule has 0 bridgehead atoms. The lowest BCUT2D eigenvalue weighted by atomic mass is 9.43. The van der Waals surface area contributed by atoms with Gasteiger partial charge in [-0.3, -0.25) is 0 Å². The molecule has 3 unspecified atom stereocenters. The molecule has 4 aliphatic carbocycles. The highest BCUT2D eigenvalue weighted by atomic mass is 16.8. The zero-order valence-corrected chi connectivity index (χ0v) is 22.5. The zero-order chi connectivity index (χ0) is 26.8. The predicted octanol–water partition coefficient (Wildman–Crippen LogP) is 1.79. The number of aliphatic hydroxyl groups is 4. The Labute approximate surface area is 223 Å². The van der Waals surface area contributed by atoms with E-state index in [4.69, 9.17) is 18.9 Å². The molecule has 2 saturated heterocycles. The van der Waals surface area contributed by atoms with E-state index in [0.29, 0.717) is 24.9 Å². The Kier molecular flexibility index (Phi) is 5.61. The van der Waals surface area contributed by atoms with Gasteiger partial charge in [-0.25, -0.2) is 4.79 Å². The Morgan fingerprint density at radius 3 is 2.50 bits per heavy atom. The van der Waals surface area contributed by atoms with Gasteiger partial charge < -0.3 is 39.4 Å². The van der Waals surface area contributed by atoms with Gasteiger partial charge in [0, 0.05) is 11.5 Å². The molecule has 7 aliphatic rings. The fraction of sp³-hybridized carbons (Fsp3) is 0.897. The summed E-state index contributed by atoms with van der Waals surface area (Å²) in [5.41, 5.74) is -0.187. The molecule has 0 amide bonds. The largest absolute Gasteiger partial charge is 0.458 e. The lowest BCUT2D eigenvalue weighted by Gasteiger charge is -2.65. The first-order valence-electron chi connectivity index (χ1n) is 14.6. The van der Waals surface area contributed by atoms with Crippen molar-refractivity contribution in [1.82, 2.24) is 0 Å². The maximum absolute atomic E-state index is 12.5. The Morgan fingerprint density at radius 2 is 1.76 bits per heavy atom. The maximum Gasteiger partial charge on any atom is 0.331 e. The van der Waals surface area contributed by atoms with Crippen molar-refractivity contribution in [3.63, 3.8) is 0 Å². The van der Waals surface area contributed by atoms with E-state index in [0.717, 1.165) is 50.5 Å². The molecular weight excluding hydrogens is 492 g/mol. The molecule has 0 radical (unpaired) electrons. The molecule has 0 spiro atoms. The first-order chi connectivity index (χ1) is 17.9. The van der Waals surface area contributed by atoms with Gasteiger partial charge in [-0.1, -0.05) is 13.8 Å². The number of rotatable bonds is 1. The molecule has 9 heteroatoms. The number of ether oxygens (including phenoxy) is 4. The Bertz CT molecular complexity index is 1050. The Hall–Kier alpha value is -1.07. The average molecular weight is 535 g/mol. The van der Waals surface area contributed by atoms with E-state index in [1.165, 1.54) is 0 Å². The predicted molar refractivity (Wildman–Crippen MR) is 132 cm³/mol.